The molecule has 0 unspecified atom stereocenters. The minimum absolute atomic E-state index is 0.142. The molecule has 2 aliphatic rings. The Morgan fingerprint density at radius 1 is 1.06 bits per heavy atom. The van der Waals surface area contributed by atoms with Crippen molar-refractivity contribution in [2.24, 2.45) is 4.99 Å². The molecule has 1 saturated heterocycles. The first-order valence-corrected chi connectivity index (χ1v) is 10.4. The van der Waals surface area contributed by atoms with Crippen molar-refractivity contribution in [2.75, 3.05) is 38.6 Å². The lowest BCUT2D eigenvalue weighted by atomic mass is 9.99. The molecule has 0 saturated carbocycles. The minimum atomic E-state index is -0.794. The van der Waals surface area contributed by atoms with Crippen molar-refractivity contribution in [1.82, 2.24) is 14.9 Å². The number of anilines is 1. The highest BCUT2D eigenvalue weighted by Gasteiger charge is 2.29. The Labute approximate surface area is 183 Å². The summed E-state index contributed by atoms with van der Waals surface area (Å²) in [5.41, 5.74) is 4.52. The highest BCUT2D eigenvalue weighted by molar-refractivity contribution is 6.35. The molecule has 0 aliphatic carbocycles. The minimum Gasteiger partial charge on any atom is -0.367 e. The lowest BCUT2D eigenvalue weighted by Gasteiger charge is -2.44. The molecule has 5 rings (SSSR count). The summed E-state index contributed by atoms with van der Waals surface area (Å²) >= 11 is 5.88. The first kappa shape index (κ1) is 20.0. The Hall–Kier alpha value is -2.90. The highest BCUT2D eigenvalue weighted by Crippen LogP contribution is 2.30. The number of fused-ring (bicyclic) bond motifs is 1. The summed E-state index contributed by atoms with van der Waals surface area (Å²) in [6, 6.07) is 8.36. The SMILES string of the molecule is CN(C)C1CN(c2cnc3ccc(C4=CCN=C4c4cc(Cl)c(F)cc4F)nc3c2)C1. The van der Waals surface area contributed by atoms with E-state index in [0.29, 0.717) is 29.6 Å². The van der Waals surface area contributed by atoms with Gasteiger partial charge in [-0.15, -0.1) is 0 Å². The number of likely N-dealkylation sites (N-methyl/N-ethyl adjacent to an activating group) is 1. The van der Waals surface area contributed by atoms with Crippen LogP contribution in [-0.4, -0.2) is 60.4 Å². The van der Waals surface area contributed by atoms with E-state index in [-0.39, 0.29) is 10.6 Å². The fourth-order valence-corrected chi connectivity index (χ4v) is 4.05. The van der Waals surface area contributed by atoms with E-state index < -0.39 is 11.6 Å². The van der Waals surface area contributed by atoms with Crippen molar-refractivity contribution in [3.8, 4) is 0 Å². The molecule has 1 aromatic carbocycles. The Morgan fingerprint density at radius 3 is 2.65 bits per heavy atom. The quantitative estimate of drug-likeness (QED) is 0.571. The standard InChI is InChI=1S/C23H20ClF2N5/c1-30(2)14-11-31(12-14)13-7-22-21(28-10-13)4-3-20(29-22)15-5-6-27-23(15)16-8-17(24)19(26)9-18(16)25/h3-5,7-10,14H,6,11-12H2,1-2H3. The van der Waals surface area contributed by atoms with Crippen molar-refractivity contribution >= 4 is 39.6 Å². The van der Waals surface area contributed by atoms with E-state index >= 15 is 0 Å². The van der Waals surface area contributed by atoms with Crippen LogP contribution in [0.1, 0.15) is 11.3 Å². The van der Waals surface area contributed by atoms with Crippen molar-refractivity contribution in [1.29, 1.82) is 0 Å². The number of allylic oxidation sites excluding steroid dienone is 1. The number of hydrogen-bond acceptors (Lipinski definition) is 5. The predicted octanol–water partition coefficient (Wildman–Crippen LogP) is 4.20. The zero-order chi connectivity index (χ0) is 21.7. The third-order valence-electron chi connectivity index (χ3n) is 5.82. The van der Waals surface area contributed by atoms with Gasteiger partial charge in [-0.05, 0) is 38.4 Å². The van der Waals surface area contributed by atoms with Crippen LogP contribution >= 0.6 is 11.6 Å². The molecule has 31 heavy (non-hydrogen) atoms. The molecular formula is C23H20ClF2N5. The van der Waals surface area contributed by atoms with Gasteiger partial charge < -0.3 is 9.80 Å². The van der Waals surface area contributed by atoms with Crippen LogP contribution in [-0.2, 0) is 0 Å². The molecular weight excluding hydrogens is 420 g/mol. The van der Waals surface area contributed by atoms with Crippen LogP contribution in [0.2, 0.25) is 5.02 Å². The van der Waals surface area contributed by atoms with E-state index in [1.165, 1.54) is 6.07 Å². The Morgan fingerprint density at radius 2 is 1.87 bits per heavy atom. The molecule has 0 radical (unpaired) electrons. The summed E-state index contributed by atoms with van der Waals surface area (Å²) in [4.78, 5) is 18.2. The molecule has 5 nitrogen and oxygen atoms in total. The van der Waals surface area contributed by atoms with Gasteiger partial charge in [0, 0.05) is 36.3 Å². The molecule has 0 spiro atoms. The Kier molecular flexibility index (Phi) is 4.95. The number of benzene rings is 1. The molecule has 8 heteroatoms. The topological polar surface area (TPSA) is 44.6 Å². The van der Waals surface area contributed by atoms with Gasteiger partial charge in [0.2, 0.25) is 0 Å². The maximum Gasteiger partial charge on any atom is 0.144 e. The Bertz CT molecular complexity index is 1250. The van der Waals surface area contributed by atoms with Crippen LogP contribution in [0.15, 0.2) is 47.6 Å². The fourth-order valence-electron chi connectivity index (χ4n) is 3.88. The van der Waals surface area contributed by atoms with Crippen molar-refractivity contribution in [3.63, 3.8) is 0 Å². The van der Waals surface area contributed by atoms with Crippen LogP contribution < -0.4 is 4.90 Å². The van der Waals surface area contributed by atoms with E-state index in [2.05, 4.69) is 33.9 Å². The van der Waals surface area contributed by atoms with Gasteiger partial charge in [0.1, 0.15) is 11.6 Å². The zero-order valence-corrected chi connectivity index (χ0v) is 17.9. The first-order valence-electron chi connectivity index (χ1n) is 9.99. The predicted molar refractivity (Wildman–Crippen MR) is 120 cm³/mol. The number of halogens is 3. The maximum absolute atomic E-state index is 14.5. The van der Waals surface area contributed by atoms with E-state index in [9.17, 15) is 8.78 Å². The second kappa shape index (κ2) is 7.66. The number of nitrogens with zero attached hydrogens (tertiary/aromatic N) is 5. The number of rotatable bonds is 4. The van der Waals surface area contributed by atoms with E-state index in [4.69, 9.17) is 16.6 Å². The summed E-state index contributed by atoms with van der Waals surface area (Å²) in [7, 11) is 4.17. The Balaban J connectivity index is 1.47. The third kappa shape index (κ3) is 3.58. The highest BCUT2D eigenvalue weighted by atomic mass is 35.5. The number of aromatic nitrogens is 2. The van der Waals surface area contributed by atoms with Crippen molar-refractivity contribution in [2.45, 2.75) is 6.04 Å². The molecule has 4 heterocycles. The molecule has 2 aliphatic heterocycles. The average Bonchev–Trinajstić information content (AvgIpc) is 3.18. The van der Waals surface area contributed by atoms with E-state index in [0.717, 1.165) is 35.9 Å². The second-order valence-corrected chi connectivity index (χ2v) is 8.41. The van der Waals surface area contributed by atoms with Crippen LogP contribution in [0.5, 0.6) is 0 Å². The molecule has 3 aromatic rings. The first-order chi connectivity index (χ1) is 14.9. The van der Waals surface area contributed by atoms with E-state index in [1.807, 2.05) is 30.5 Å². The monoisotopic (exact) mass is 439 g/mol. The summed E-state index contributed by atoms with van der Waals surface area (Å²) in [5.74, 6) is -1.50. The smallest absolute Gasteiger partial charge is 0.144 e. The van der Waals surface area contributed by atoms with Gasteiger partial charge in [-0.3, -0.25) is 9.98 Å². The number of pyridine rings is 2. The average molecular weight is 440 g/mol. The van der Waals surface area contributed by atoms with Gasteiger partial charge in [-0.25, -0.2) is 13.8 Å². The van der Waals surface area contributed by atoms with Gasteiger partial charge in [-0.2, -0.15) is 0 Å². The van der Waals surface area contributed by atoms with Crippen LogP contribution in [0.4, 0.5) is 14.5 Å². The lowest BCUT2D eigenvalue weighted by Crippen LogP contribution is -2.57. The number of aliphatic imine (C=N–C) groups is 1. The van der Waals surface area contributed by atoms with Crippen LogP contribution in [0, 0.1) is 11.6 Å². The number of hydrogen-bond donors (Lipinski definition) is 0. The molecule has 0 bridgehead atoms. The van der Waals surface area contributed by atoms with Crippen molar-refractivity contribution in [3.05, 3.63) is 70.5 Å². The zero-order valence-electron chi connectivity index (χ0n) is 17.1. The largest absolute Gasteiger partial charge is 0.367 e. The summed E-state index contributed by atoms with van der Waals surface area (Å²) < 4.78 is 28.0. The molecule has 0 N–H and O–H groups in total. The summed E-state index contributed by atoms with van der Waals surface area (Å²) in [6.45, 7) is 2.30. The molecule has 2 aromatic heterocycles. The maximum atomic E-state index is 14.5. The molecule has 0 amide bonds. The third-order valence-corrected chi connectivity index (χ3v) is 6.11. The summed E-state index contributed by atoms with van der Waals surface area (Å²) in [5, 5.41) is -0.142. The molecule has 1 fully saturated rings. The molecule has 158 valence electrons. The van der Waals surface area contributed by atoms with Crippen LogP contribution in [0.25, 0.3) is 16.6 Å². The molecule has 0 atom stereocenters. The van der Waals surface area contributed by atoms with Gasteiger partial charge in [0.05, 0.1) is 45.9 Å². The van der Waals surface area contributed by atoms with Crippen LogP contribution in [0.3, 0.4) is 0 Å². The van der Waals surface area contributed by atoms with Gasteiger partial charge in [0.25, 0.3) is 0 Å². The van der Waals surface area contributed by atoms with Gasteiger partial charge in [0.15, 0.2) is 0 Å². The normalized spacial score (nSPS) is 16.6. The fraction of sp³-hybridized carbons (Fsp3) is 0.261. The summed E-state index contributed by atoms with van der Waals surface area (Å²) in [6.07, 6.45) is 3.75. The second-order valence-electron chi connectivity index (χ2n) is 8.00. The van der Waals surface area contributed by atoms with E-state index in [1.54, 1.807) is 0 Å². The van der Waals surface area contributed by atoms with Crippen molar-refractivity contribution < 1.29 is 8.78 Å². The van der Waals surface area contributed by atoms with Gasteiger partial charge in [-0.1, -0.05) is 17.7 Å². The van der Waals surface area contributed by atoms with Gasteiger partial charge >= 0.3 is 0 Å². The lowest BCUT2D eigenvalue weighted by molar-refractivity contribution is 0.247.